The molecule has 2 nitrogen and oxygen atoms in total. The highest BCUT2D eigenvalue weighted by Crippen LogP contribution is 2.27. The fourth-order valence-corrected chi connectivity index (χ4v) is 1.28. The van der Waals surface area contributed by atoms with Gasteiger partial charge in [0.25, 0.3) is 0 Å². The predicted molar refractivity (Wildman–Crippen MR) is 52.9 cm³/mol. The molecule has 0 aliphatic heterocycles. The second-order valence-corrected chi connectivity index (χ2v) is 3.45. The monoisotopic (exact) mass is 180 g/mol. The van der Waals surface area contributed by atoms with Crippen molar-refractivity contribution in [2.24, 2.45) is 0 Å². The van der Waals surface area contributed by atoms with Gasteiger partial charge in [0.15, 0.2) is 5.75 Å². The second-order valence-electron chi connectivity index (χ2n) is 3.45. The smallest absolute Gasteiger partial charge is 0.169 e. The normalized spacial score (nSPS) is 10.5. The first-order valence-electron chi connectivity index (χ1n) is 4.46. The van der Waals surface area contributed by atoms with E-state index in [0.29, 0.717) is 5.92 Å². The standard InChI is InChI=1S/C11H16O2/c1-8(2)10-6-5-9(3)7-11(10)13-12-4/h5-8H,1-4H3. The van der Waals surface area contributed by atoms with Crippen LogP contribution in [-0.4, -0.2) is 7.11 Å². The molecule has 0 aromatic heterocycles. The van der Waals surface area contributed by atoms with Gasteiger partial charge in [-0.05, 0) is 24.5 Å². The summed E-state index contributed by atoms with van der Waals surface area (Å²) in [6.45, 7) is 6.30. The molecule has 1 aromatic rings. The first-order chi connectivity index (χ1) is 6.15. The van der Waals surface area contributed by atoms with E-state index in [4.69, 9.17) is 4.89 Å². The average Bonchev–Trinajstić information content (AvgIpc) is 2.04. The summed E-state index contributed by atoms with van der Waals surface area (Å²) in [5.74, 6) is 1.27. The highest BCUT2D eigenvalue weighted by Gasteiger charge is 2.08. The van der Waals surface area contributed by atoms with Crippen molar-refractivity contribution >= 4 is 0 Å². The number of benzene rings is 1. The molecule has 0 N–H and O–H groups in total. The van der Waals surface area contributed by atoms with Crippen LogP contribution in [0.4, 0.5) is 0 Å². The molecular weight excluding hydrogens is 164 g/mol. The molecule has 0 radical (unpaired) electrons. The van der Waals surface area contributed by atoms with E-state index < -0.39 is 0 Å². The molecule has 0 saturated carbocycles. The zero-order valence-electron chi connectivity index (χ0n) is 8.63. The van der Waals surface area contributed by atoms with Gasteiger partial charge in [0.05, 0.1) is 7.11 Å². The Morgan fingerprint density at radius 3 is 2.46 bits per heavy atom. The fraction of sp³-hybridized carbons (Fsp3) is 0.455. The van der Waals surface area contributed by atoms with Crippen LogP contribution in [0.25, 0.3) is 0 Å². The molecule has 0 aliphatic carbocycles. The van der Waals surface area contributed by atoms with E-state index in [2.05, 4.69) is 30.9 Å². The number of hydrogen-bond acceptors (Lipinski definition) is 2. The quantitative estimate of drug-likeness (QED) is 0.525. The number of aryl methyl sites for hydroxylation is 1. The van der Waals surface area contributed by atoms with E-state index in [1.165, 1.54) is 18.2 Å². The molecule has 1 aromatic carbocycles. The second kappa shape index (κ2) is 4.28. The Balaban J connectivity index is 3.03. The van der Waals surface area contributed by atoms with Gasteiger partial charge in [0, 0.05) is 5.56 Å². The molecule has 13 heavy (non-hydrogen) atoms. The lowest BCUT2D eigenvalue weighted by molar-refractivity contribution is -0.178. The SMILES string of the molecule is COOc1cc(C)ccc1C(C)C. The molecule has 0 heterocycles. The van der Waals surface area contributed by atoms with Gasteiger partial charge in [-0.1, -0.05) is 26.0 Å². The van der Waals surface area contributed by atoms with Crippen LogP contribution in [0.15, 0.2) is 18.2 Å². The molecule has 0 aliphatic rings. The Hall–Kier alpha value is -1.02. The molecule has 1 rings (SSSR count). The third kappa shape index (κ3) is 2.46. The van der Waals surface area contributed by atoms with Crippen molar-refractivity contribution in [3.63, 3.8) is 0 Å². The summed E-state index contributed by atoms with van der Waals surface area (Å²) in [6.07, 6.45) is 0. The van der Waals surface area contributed by atoms with Crippen molar-refractivity contribution < 1.29 is 9.78 Å². The zero-order valence-corrected chi connectivity index (χ0v) is 8.63. The molecule has 2 heteroatoms. The molecule has 0 saturated heterocycles. The third-order valence-electron chi connectivity index (χ3n) is 1.96. The molecule has 0 amide bonds. The average molecular weight is 180 g/mol. The van der Waals surface area contributed by atoms with Crippen molar-refractivity contribution in [2.45, 2.75) is 26.7 Å². The topological polar surface area (TPSA) is 18.5 Å². The lowest BCUT2D eigenvalue weighted by Crippen LogP contribution is -1.97. The minimum absolute atomic E-state index is 0.450. The van der Waals surface area contributed by atoms with Crippen molar-refractivity contribution in [1.82, 2.24) is 0 Å². The summed E-state index contributed by atoms with van der Waals surface area (Å²) in [6, 6.07) is 6.14. The van der Waals surface area contributed by atoms with Crippen molar-refractivity contribution in [1.29, 1.82) is 0 Å². The Labute approximate surface area is 79.4 Å². The van der Waals surface area contributed by atoms with Crippen LogP contribution in [0.5, 0.6) is 5.75 Å². The van der Waals surface area contributed by atoms with Gasteiger partial charge in [-0.25, -0.2) is 0 Å². The summed E-state index contributed by atoms with van der Waals surface area (Å²) in [5.41, 5.74) is 2.35. The van der Waals surface area contributed by atoms with Crippen LogP contribution in [-0.2, 0) is 4.89 Å². The van der Waals surface area contributed by atoms with Crippen LogP contribution >= 0.6 is 0 Å². The molecule has 0 bridgehead atoms. The highest BCUT2D eigenvalue weighted by molar-refractivity contribution is 5.38. The van der Waals surface area contributed by atoms with Gasteiger partial charge in [-0.15, -0.1) is 0 Å². The minimum Gasteiger partial charge on any atom is -0.338 e. The van der Waals surface area contributed by atoms with E-state index in [0.717, 1.165) is 5.75 Å². The van der Waals surface area contributed by atoms with Gasteiger partial charge in [0.1, 0.15) is 0 Å². The molecule has 0 unspecified atom stereocenters. The van der Waals surface area contributed by atoms with Gasteiger partial charge < -0.3 is 4.89 Å². The lowest BCUT2D eigenvalue weighted by atomic mass is 10.0. The molecule has 0 atom stereocenters. The Morgan fingerprint density at radius 1 is 1.23 bits per heavy atom. The maximum atomic E-state index is 5.08. The van der Waals surface area contributed by atoms with Crippen molar-refractivity contribution in [2.75, 3.05) is 7.11 Å². The summed E-state index contributed by atoms with van der Waals surface area (Å²) in [7, 11) is 1.52. The maximum Gasteiger partial charge on any atom is 0.169 e. The fourth-order valence-electron chi connectivity index (χ4n) is 1.28. The van der Waals surface area contributed by atoms with Gasteiger partial charge >= 0.3 is 0 Å². The highest BCUT2D eigenvalue weighted by atomic mass is 17.2. The Bertz CT molecular complexity index is 279. The van der Waals surface area contributed by atoms with E-state index in [1.54, 1.807) is 0 Å². The van der Waals surface area contributed by atoms with Gasteiger partial charge in [-0.3, -0.25) is 0 Å². The summed E-state index contributed by atoms with van der Waals surface area (Å²) < 4.78 is 0. The van der Waals surface area contributed by atoms with Gasteiger partial charge in [-0.2, -0.15) is 4.89 Å². The van der Waals surface area contributed by atoms with Crippen LogP contribution in [0.3, 0.4) is 0 Å². The molecule has 0 spiro atoms. The van der Waals surface area contributed by atoms with E-state index in [-0.39, 0.29) is 0 Å². The van der Waals surface area contributed by atoms with Crippen molar-refractivity contribution in [3.8, 4) is 5.75 Å². The molecule has 72 valence electrons. The summed E-state index contributed by atoms with van der Waals surface area (Å²) in [4.78, 5) is 9.75. The Kier molecular flexibility index (Phi) is 3.32. The first kappa shape index (κ1) is 10.1. The molecular formula is C11H16O2. The van der Waals surface area contributed by atoms with Gasteiger partial charge in [0.2, 0.25) is 0 Å². The van der Waals surface area contributed by atoms with Crippen LogP contribution in [0, 0.1) is 6.92 Å². The number of hydrogen-bond donors (Lipinski definition) is 0. The van der Waals surface area contributed by atoms with E-state index >= 15 is 0 Å². The summed E-state index contributed by atoms with van der Waals surface area (Å²) in [5, 5.41) is 0. The van der Waals surface area contributed by atoms with Crippen LogP contribution < -0.4 is 4.89 Å². The summed E-state index contributed by atoms with van der Waals surface area (Å²) >= 11 is 0. The van der Waals surface area contributed by atoms with Crippen molar-refractivity contribution in [3.05, 3.63) is 29.3 Å². The first-order valence-corrected chi connectivity index (χ1v) is 4.46. The van der Waals surface area contributed by atoms with E-state index in [1.807, 2.05) is 13.0 Å². The largest absolute Gasteiger partial charge is 0.338 e. The number of rotatable bonds is 3. The van der Waals surface area contributed by atoms with E-state index in [9.17, 15) is 0 Å². The molecule has 0 fully saturated rings. The van der Waals surface area contributed by atoms with Crippen LogP contribution in [0.1, 0.15) is 30.9 Å². The predicted octanol–water partition coefficient (Wildman–Crippen LogP) is 3.06. The third-order valence-corrected chi connectivity index (χ3v) is 1.96. The van der Waals surface area contributed by atoms with Crippen LogP contribution in [0.2, 0.25) is 0 Å². The maximum absolute atomic E-state index is 5.08. The lowest BCUT2D eigenvalue weighted by Gasteiger charge is -2.11. The zero-order chi connectivity index (χ0) is 9.84. The minimum atomic E-state index is 0.450. The Morgan fingerprint density at radius 2 is 1.92 bits per heavy atom.